The fraction of sp³-hybridized carbons (Fsp3) is 0.391. The predicted octanol–water partition coefficient (Wildman–Crippen LogP) is 4.64. The van der Waals surface area contributed by atoms with E-state index in [-0.39, 0.29) is 16.9 Å². The van der Waals surface area contributed by atoms with Crippen molar-refractivity contribution in [3.8, 4) is 0 Å². The van der Waals surface area contributed by atoms with Gasteiger partial charge in [-0.15, -0.1) is 0 Å². The van der Waals surface area contributed by atoms with Gasteiger partial charge in [0.1, 0.15) is 0 Å². The molecule has 2 aromatic carbocycles. The molecule has 2 aliphatic carbocycles. The molecule has 2 bridgehead atoms. The monoisotopic (exact) mass is 454 g/mol. The van der Waals surface area contributed by atoms with Crippen LogP contribution in [0, 0.1) is 26.9 Å². The van der Waals surface area contributed by atoms with Crippen molar-refractivity contribution in [1.82, 2.24) is 0 Å². The molecule has 2 saturated carbocycles. The maximum atomic E-state index is 13.1. The minimum absolute atomic E-state index is 0.0124. The zero-order valence-corrected chi connectivity index (χ0v) is 18.9. The summed E-state index contributed by atoms with van der Waals surface area (Å²) in [5.74, 6) is 0.326. The third-order valence-corrected chi connectivity index (χ3v) is 8.56. The van der Waals surface area contributed by atoms with Crippen LogP contribution < -0.4 is 4.72 Å². The molecule has 0 radical (unpaired) electrons. The Labute approximate surface area is 187 Å². The van der Waals surface area contributed by atoms with Gasteiger partial charge in [0, 0.05) is 28.9 Å². The minimum atomic E-state index is -3.60. The highest BCUT2D eigenvalue weighted by atomic mass is 32.2. The van der Waals surface area contributed by atoms with Crippen LogP contribution >= 0.6 is 0 Å². The zero-order chi connectivity index (χ0) is 23.0. The summed E-state index contributed by atoms with van der Waals surface area (Å²) in [4.78, 5) is 10.3. The SMILES string of the molecule is CC1(C)[C@H]2CC[C@]1(CS(=O)(=O)Nc1ccccc1)/C(=N\N=C/c1ccc([N+](=O)[O-])cc1)C2. The lowest BCUT2D eigenvalue weighted by molar-refractivity contribution is -0.384. The Morgan fingerprint density at radius 2 is 1.84 bits per heavy atom. The quantitative estimate of drug-likeness (QED) is 0.373. The third-order valence-electron chi connectivity index (χ3n) is 7.14. The van der Waals surface area contributed by atoms with E-state index in [4.69, 9.17) is 0 Å². The standard InChI is InChI=1S/C23H26N4O4S/c1-22(2)18-12-13-23(22,16-32(30,31)26-19-6-4-3-5-7-19)21(14-18)25-24-15-17-8-10-20(11-9-17)27(28)29/h3-11,15,18,26H,12-14,16H2,1-2H3/b24-15-,25-21-/t18-,23-/m0/s1. The van der Waals surface area contributed by atoms with Crippen LogP contribution in [0.2, 0.25) is 0 Å². The maximum absolute atomic E-state index is 13.1. The molecule has 9 heteroatoms. The van der Waals surface area contributed by atoms with Crippen molar-refractivity contribution in [2.75, 3.05) is 10.5 Å². The Morgan fingerprint density at radius 1 is 1.16 bits per heavy atom. The summed E-state index contributed by atoms with van der Waals surface area (Å²) in [6.07, 6.45) is 4.00. The Kier molecular flexibility index (Phi) is 5.62. The van der Waals surface area contributed by atoms with E-state index in [1.165, 1.54) is 12.1 Å². The highest BCUT2D eigenvalue weighted by Gasteiger charge is 2.64. The molecule has 2 fully saturated rings. The molecular weight excluding hydrogens is 428 g/mol. The number of sulfonamides is 1. The van der Waals surface area contributed by atoms with Gasteiger partial charge in [0.25, 0.3) is 5.69 Å². The molecule has 2 aliphatic rings. The van der Waals surface area contributed by atoms with E-state index in [0.29, 0.717) is 17.2 Å². The molecule has 0 spiro atoms. The van der Waals surface area contributed by atoms with E-state index < -0.39 is 20.4 Å². The van der Waals surface area contributed by atoms with Crippen LogP contribution in [0.15, 0.2) is 64.8 Å². The van der Waals surface area contributed by atoms with Crippen molar-refractivity contribution >= 4 is 33.3 Å². The van der Waals surface area contributed by atoms with Gasteiger partial charge in [0.15, 0.2) is 0 Å². The van der Waals surface area contributed by atoms with Gasteiger partial charge in [-0.05, 0) is 60.4 Å². The fourth-order valence-electron chi connectivity index (χ4n) is 5.17. The number of nitro groups is 1. The van der Waals surface area contributed by atoms with Crippen molar-refractivity contribution in [1.29, 1.82) is 0 Å². The van der Waals surface area contributed by atoms with Crippen molar-refractivity contribution in [3.63, 3.8) is 0 Å². The van der Waals surface area contributed by atoms with Gasteiger partial charge in [-0.2, -0.15) is 10.2 Å². The summed E-state index contributed by atoms with van der Waals surface area (Å²) >= 11 is 0. The van der Waals surface area contributed by atoms with Gasteiger partial charge >= 0.3 is 0 Å². The molecule has 0 unspecified atom stereocenters. The smallest absolute Gasteiger partial charge is 0.269 e. The second-order valence-electron chi connectivity index (χ2n) is 9.11. The van der Waals surface area contributed by atoms with E-state index in [1.807, 2.05) is 6.07 Å². The summed E-state index contributed by atoms with van der Waals surface area (Å²) in [7, 11) is -3.60. The number of nitro benzene ring substituents is 1. The number of nitrogens with one attached hydrogen (secondary N) is 1. The third kappa shape index (κ3) is 4.04. The van der Waals surface area contributed by atoms with Crippen LogP contribution in [0.1, 0.15) is 38.7 Å². The number of non-ortho nitro benzene ring substituents is 1. The number of fused-ring (bicyclic) bond motifs is 2. The van der Waals surface area contributed by atoms with Crippen molar-refractivity contribution in [2.24, 2.45) is 27.0 Å². The average Bonchev–Trinajstić information content (AvgIpc) is 3.09. The number of para-hydroxylation sites is 1. The Morgan fingerprint density at radius 3 is 2.47 bits per heavy atom. The van der Waals surface area contributed by atoms with E-state index >= 15 is 0 Å². The molecule has 0 aromatic heterocycles. The predicted molar refractivity (Wildman–Crippen MR) is 126 cm³/mol. The van der Waals surface area contributed by atoms with Crippen LogP contribution in [-0.2, 0) is 10.0 Å². The van der Waals surface area contributed by atoms with Crippen LogP contribution in [-0.4, -0.2) is 31.0 Å². The van der Waals surface area contributed by atoms with Crippen LogP contribution in [0.5, 0.6) is 0 Å². The number of hydrogen-bond donors (Lipinski definition) is 1. The molecule has 2 atom stereocenters. The van der Waals surface area contributed by atoms with E-state index in [1.54, 1.807) is 42.6 Å². The molecule has 0 saturated heterocycles. The first-order valence-electron chi connectivity index (χ1n) is 10.5. The van der Waals surface area contributed by atoms with Crippen molar-refractivity contribution < 1.29 is 13.3 Å². The average molecular weight is 455 g/mol. The molecule has 0 amide bonds. The molecule has 32 heavy (non-hydrogen) atoms. The lowest BCUT2D eigenvalue weighted by Crippen LogP contribution is -2.43. The summed E-state index contributed by atoms with van der Waals surface area (Å²) in [5.41, 5.74) is 1.28. The molecule has 168 valence electrons. The molecule has 2 aromatic rings. The zero-order valence-electron chi connectivity index (χ0n) is 18.1. The van der Waals surface area contributed by atoms with Gasteiger partial charge in [-0.25, -0.2) is 8.42 Å². The summed E-state index contributed by atoms with van der Waals surface area (Å²) in [6.45, 7) is 4.26. The Bertz CT molecular complexity index is 1170. The van der Waals surface area contributed by atoms with Crippen LogP contribution in [0.25, 0.3) is 0 Å². The second kappa shape index (κ2) is 8.12. The highest BCUT2D eigenvalue weighted by molar-refractivity contribution is 7.92. The summed E-state index contributed by atoms with van der Waals surface area (Å²) in [5, 5.41) is 19.5. The molecule has 4 rings (SSSR count). The number of anilines is 1. The number of rotatable bonds is 7. The first kappa shape index (κ1) is 22.1. The molecule has 0 heterocycles. The molecule has 1 N–H and O–H groups in total. The fourth-order valence-corrected chi connectivity index (χ4v) is 7.07. The normalized spacial score (nSPS) is 25.4. The van der Waals surface area contributed by atoms with Gasteiger partial charge < -0.3 is 0 Å². The van der Waals surface area contributed by atoms with Gasteiger partial charge in [0.2, 0.25) is 10.0 Å². The Hall–Kier alpha value is -3.07. The number of nitrogens with zero attached hydrogens (tertiary/aromatic N) is 3. The lowest BCUT2D eigenvalue weighted by atomic mass is 9.70. The number of hydrogen-bond acceptors (Lipinski definition) is 6. The van der Waals surface area contributed by atoms with Crippen LogP contribution in [0.4, 0.5) is 11.4 Å². The lowest BCUT2D eigenvalue weighted by Gasteiger charge is -2.37. The van der Waals surface area contributed by atoms with Gasteiger partial charge in [-0.1, -0.05) is 32.0 Å². The van der Waals surface area contributed by atoms with E-state index in [2.05, 4.69) is 28.8 Å². The number of benzene rings is 2. The highest BCUT2D eigenvalue weighted by Crippen LogP contribution is 2.64. The first-order chi connectivity index (χ1) is 15.1. The second-order valence-corrected chi connectivity index (χ2v) is 10.8. The summed E-state index contributed by atoms with van der Waals surface area (Å²) < 4.78 is 28.9. The molecule has 0 aliphatic heterocycles. The Balaban J connectivity index is 1.58. The van der Waals surface area contributed by atoms with E-state index in [9.17, 15) is 18.5 Å². The van der Waals surface area contributed by atoms with E-state index in [0.717, 1.165) is 25.0 Å². The van der Waals surface area contributed by atoms with Crippen molar-refractivity contribution in [3.05, 3.63) is 70.3 Å². The van der Waals surface area contributed by atoms with Crippen LogP contribution in [0.3, 0.4) is 0 Å². The topological polar surface area (TPSA) is 114 Å². The molecule has 8 nitrogen and oxygen atoms in total. The largest absolute Gasteiger partial charge is 0.284 e. The van der Waals surface area contributed by atoms with Crippen molar-refractivity contribution in [2.45, 2.75) is 33.1 Å². The minimum Gasteiger partial charge on any atom is -0.284 e. The van der Waals surface area contributed by atoms with Gasteiger partial charge in [-0.3, -0.25) is 14.8 Å². The maximum Gasteiger partial charge on any atom is 0.269 e. The molecular formula is C23H26N4O4S. The summed E-state index contributed by atoms with van der Waals surface area (Å²) in [6, 6.07) is 14.9. The first-order valence-corrected chi connectivity index (χ1v) is 12.2. The van der Waals surface area contributed by atoms with Gasteiger partial charge in [0.05, 0.1) is 16.9 Å².